The number of benzene rings is 1. The molecule has 0 fully saturated rings. The monoisotopic (exact) mass is 262 g/mol. The number of nitrogens with one attached hydrogen (secondary N) is 1. The smallest absolute Gasteiger partial charge is 0.124 e. The Bertz CT molecular complexity index is 574. The molecule has 0 unspecified atom stereocenters. The fourth-order valence-corrected chi connectivity index (χ4v) is 2.06. The van der Waals surface area contributed by atoms with E-state index in [1.165, 1.54) is 0 Å². The van der Waals surface area contributed by atoms with Crippen LogP contribution >= 0.6 is 11.6 Å². The fraction of sp³-hybridized carbons (Fsp3) is 0.231. The van der Waals surface area contributed by atoms with Gasteiger partial charge >= 0.3 is 0 Å². The van der Waals surface area contributed by atoms with Gasteiger partial charge in [0.25, 0.3) is 0 Å². The molecule has 4 nitrogen and oxygen atoms in total. The summed E-state index contributed by atoms with van der Waals surface area (Å²) in [5.74, 6) is 0.972. The van der Waals surface area contributed by atoms with E-state index in [1.807, 2.05) is 10.8 Å². The van der Waals surface area contributed by atoms with Crippen LogP contribution in [0.15, 0.2) is 30.6 Å². The zero-order valence-corrected chi connectivity index (χ0v) is 10.9. The van der Waals surface area contributed by atoms with Crippen molar-refractivity contribution in [1.29, 1.82) is 5.41 Å². The first-order valence-corrected chi connectivity index (χ1v) is 6.17. The number of nitrogens with zero attached hydrogens (tertiary/aromatic N) is 2. The molecule has 3 N–H and O–H groups in total. The molecule has 0 aliphatic rings. The van der Waals surface area contributed by atoms with Crippen LogP contribution in [0.4, 0.5) is 0 Å². The predicted molar refractivity (Wildman–Crippen MR) is 73.6 cm³/mol. The summed E-state index contributed by atoms with van der Waals surface area (Å²) in [5, 5.41) is 8.24. The van der Waals surface area contributed by atoms with E-state index in [9.17, 15) is 0 Å². The number of hydrogen-bond donors (Lipinski definition) is 2. The van der Waals surface area contributed by atoms with Crippen LogP contribution < -0.4 is 5.73 Å². The number of rotatable bonds is 4. The van der Waals surface area contributed by atoms with Gasteiger partial charge in [-0.15, -0.1) is 0 Å². The van der Waals surface area contributed by atoms with Crippen molar-refractivity contribution < 1.29 is 0 Å². The summed E-state index contributed by atoms with van der Waals surface area (Å²) >= 11 is 6.02. The number of imidazole rings is 1. The van der Waals surface area contributed by atoms with Gasteiger partial charge in [0.05, 0.1) is 5.69 Å². The summed E-state index contributed by atoms with van der Waals surface area (Å²) in [6.07, 6.45) is 5.49. The lowest BCUT2D eigenvalue weighted by molar-refractivity contribution is 0.808. The Hall–Kier alpha value is -1.81. The molecule has 0 spiro atoms. The van der Waals surface area contributed by atoms with Crippen molar-refractivity contribution in [1.82, 2.24) is 9.55 Å². The second kappa shape index (κ2) is 5.23. The van der Waals surface area contributed by atoms with Crippen molar-refractivity contribution in [2.75, 3.05) is 0 Å². The molecule has 2 rings (SSSR count). The Labute approximate surface area is 111 Å². The number of aromatic nitrogens is 2. The summed E-state index contributed by atoms with van der Waals surface area (Å²) in [5.41, 5.74) is 7.06. The number of amidine groups is 1. The minimum absolute atomic E-state index is 0.0258. The van der Waals surface area contributed by atoms with Crippen molar-refractivity contribution in [3.63, 3.8) is 0 Å². The van der Waals surface area contributed by atoms with Crippen LogP contribution in [0.5, 0.6) is 0 Å². The maximum absolute atomic E-state index is 7.62. The van der Waals surface area contributed by atoms with E-state index in [2.05, 4.69) is 11.9 Å². The van der Waals surface area contributed by atoms with Gasteiger partial charge in [0.15, 0.2) is 0 Å². The van der Waals surface area contributed by atoms with Gasteiger partial charge in [0, 0.05) is 29.4 Å². The lowest BCUT2D eigenvalue weighted by atomic mass is 10.1. The first-order chi connectivity index (χ1) is 8.63. The summed E-state index contributed by atoms with van der Waals surface area (Å²) in [4.78, 5) is 4.32. The van der Waals surface area contributed by atoms with Crippen LogP contribution in [0.2, 0.25) is 5.02 Å². The number of nitrogen functional groups attached to an aromatic ring is 1. The van der Waals surface area contributed by atoms with Crippen LogP contribution in [0.25, 0.3) is 5.69 Å². The average Bonchev–Trinajstić information content (AvgIpc) is 2.77. The van der Waals surface area contributed by atoms with Crippen molar-refractivity contribution in [2.45, 2.75) is 19.8 Å². The van der Waals surface area contributed by atoms with Crippen molar-refractivity contribution in [2.24, 2.45) is 5.73 Å². The van der Waals surface area contributed by atoms with Crippen LogP contribution in [-0.4, -0.2) is 15.4 Å². The van der Waals surface area contributed by atoms with Crippen molar-refractivity contribution in [3.8, 4) is 5.69 Å². The van der Waals surface area contributed by atoms with Gasteiger partial charge in [-0.3, -0.25) is 5.41 Å². The van der Waals surface area contributed by atoms with E-state index in [1.54, 1.807) is 24.4 Å². The highest BCUT2D eigenvalue weighted by molar-refractivity contribution is 6.31. The highest BCUT2D eigenvalue weighted by Gasteiger charge is 2.11. The minimum Gasteiger partial charge on any atom is -0.384 e. The third kappa shape index (κ3) is 2.38. The SMILES string of the molecule is CCCc1nccn1-c1cc(Cl)ccc1C(=N)N. The molecule has 2 aromatic rings. The van der Waals surface area contributed by atoms with E-state index in [0.717, 1.165) is 24.4 Å². The summed E-state index contributed by atoms with van der Waals surface area (Å²) in [7, 11) is 0. The van der Waals surface area contributed by atoms with Crippen LogP contribution in [0, 0.1) is 5.41 Å². The molecule has 1 aromatic heterocycles. The Balaban J connectivity index is 2.58. The van der Waals surface area contributed by atoms with E-state index in [0.29, 0.717) is 10.6 Å². The summed E-state index contributed by atoms with van der Waals surface area (Å²) in [6.45, 7) is 2.10. The molecule has 0 saturated carbocycles. The molecule has 1 heterocycles. The molecule has 0 bridgehead atoms. The van der Waals surface area contributed by atoms with Gasteiger partial charge in [-0.1, -0.05) is 18.5 Å². The molecule has 1 aromatic carbocycles. The molecule has 0 aliphatic carbocycles. The summed E-state index contributed by atoms with van der Waals surface area (Å²) < 4.78 is 1.94. The van der Waals surface area contributed by atoms with Crippen molar-refractivity contribution >= 4 is 17.4 Å². The van der Waals surface area contributed by atoms with Crippen molar-refractivity contribution in [3.05, 3.63) is 47.0 Å². The number of hydrogen-bond acceptors (Lipinski definition) is 2. The lowest BCUT2D eigenvalue weighted by Crippen LogP contribution is -2.15. The normalized spacial score (nSPS) is 10.6. The number of aryl methyl sites for hydroxylation is 1. The number of halogens is 1. The zero-order valence-electron chi connectivity index (χ0n) is 10.2. The van der Waals surface area contributed by atoms with Crippen LogP contribution in [0.3, 0.4) is 0 Å². The maximum atomic E-state index is 7.62. The van der Waals surface area contributed by atoms with Gasteiger partial charge in [-0.25, -0.2) is 4.98 Å². The minimum atomic E-state index is 0.0258. The molecule has 0 aliphatic heterocycles. The molecular formula is C13H15ClN4. The van der Waals surface area contributed by atoms with E-state index < -0.39 is 0 Å². The third-order valence-electron chi connectivity index (χ3n) is 2.70. The molecule has 5 heteroatoms. The second-order valence-electron chi connectivity index (χ2n) is 4.04. The Morgan fingerprint density at radius 1 is 1.50 bits per heavy atom. The van der Waals surface area contributed by atoms with E-state index in [4.69, 9.17) is 22.7 Å². The highest BCUT2D eigenvalue weighted by atomic mass is 35.5. The third-order valence-corrected chi connectivity index (χ3v) is 2.94. The largest absolute Gasteiger partial charge is 0.384 e. The average molecular weight is 263 g/mol. The van der Waals surface area contributed by atoms with Gasteiger partial charge < -0.3 is 10.3 Å². The highest BCUT2D eigenvalue weighted by Crippen LogP contribution is 2.21. The van der Waals surface area contributed by atoms with E-state index >= 15 is 0 Å². The standard InChI is InChI=1S/C13H15ClN4/c1-2-3-12-17-6-7-18(12)11-8-9(14)4-5-10(11)13(15)16/h4-8H,2-3H2,1H3,(H3,15,16). The zero-order chi connectivity index (χ0) is 13.1. The van der Waals surface area contributed by atoms with Crippen LogP contribution in [-0.2, 0) is 6.42 Å². The molecule has 0 radical (unpaired) electrons. The number of nitrogens with two attached hydrogens (primary N) is 1. The predicted octanol–water partition coefficient (Wildman–Crippen LogP) is 2.76. The molecule has 0 amide bonds. The lowest BCUT2D eigenvalue weighted by Gasteiger charge is -2.12. The Morgan fingerprint density at radius 3 is 2.94 bits per heavy atom. The molecule has 18 heavy (non-hydrogen) atoms. The molecule has 0 saturated heterocycles. The molecule has 94 valence electrons. The van der Waals surface area contributed by atoms with Gasteiger partial charge in [0.1, 0.15) is 11.7 Å². The topological polar surface area (TPSA) is 67.7 Å². The van der Waals surface area contributed by atoms with Gasteiger partial charge in [0.2, 0.25) is 0 Å². The Morgan fingerprint density at radius 2 is 2.28 bits per heavy atom. The van der Waals surface area contributed by atoms with E-state index in [-0.39, 0.29) is 5.84 Å². The fourth-order valence-electron chi connectivity index (χ4n) is 1.89. The second-order valence-corrected chi connectivity index (χ2v) is 4.48. The van der Waals surface area contributed by atoms with Gasteiger partial charge in [-0.05, 0) is 24.6 Å². The Kier molecular flexibility index (Phi) is 3.67. The summed E-state index contributed by atoms with van der Waals surface area (Å²) in [6, 6.07) is 5.30. The van der Waals surface area contributed by atoms with Gasteiger partial charge in [-0.2, -0.15) is 0 Å². The first-order valence-electron chi connectivity index (χ1n) is 5.80. The molecule has 0 atom stereocenters. The van der Waals surface area contributed by atoms with Crippen LogP contribution in [0.1, 0.15) is 24.7 Å². The quantitative estimate of drug-likeness (QED) is 0.657. The maximum Gasteiger partial charge on any atom is 0.124 e. The first kappa shape index (κ1) is 12.6. The molecular weight excluding hydrogens is 248 g/mol.